The minimum Gasteiger partial charge on any atom is -0.325 e. The van der Waals surface area contributed by atoms with Gasteiger partial charge in [-0.3, -0.25) is 14.6 Å². The molecule has 0 aliphatic carbocycles. The zero-order valence-electron chi connectivity index (χ0n) is 14.5. The van der Waals surface area contributed by atoms with E-state index in [0.29, 0.717) is 33.8 Å². The molecule has 4 nitrogen and oxygen atoms in total. The van der Waals surface area contributed by atoms with Crippen molar-refractivity contribution in [3.8, 4) is 0 Å². The molecule has 3 rings (SSSR count). The summed E-state index contributed by atoms with van der Waals surface area (Å²) in [6.07, 6.45) is 0. The number of anilines is 1. The van der Waals surface area contributed by atoms with Crippen molar-refractivity contribution in [1.29, 1.82) is 0 Å². The van der Waals surface area contributed by atoms with Crippen molar-refractivity contribution < 1.29 is 9.18 Å². The quantitative estimate of drug-likeness (QED) is 0.756. The molecule has 1 aliphatic rings. The molecule has 2 aromatic carbocycles. The summed E-state index contributed by atoms with van der Waals surface area (Å²) in [5.74, 6) is -0.426. The van der Waals surface area contributed by atoms with E-state index >= 15 is 0 Å². The van der Waals surface area contributed by atoms with E-state index in [2.05, 4.69) is 15.1 Å². The lowest BCUT2D eigenvalue weighted by Gasteiger charge is -2.34. The van der Waals surface area contributed by atoms with Crippen molar-refractivity contribution >= 4 is 46.4 Å². The Balaban J connectivity index is 1.46. The van der Waals surface area contributed by atoms with Gasteiger partial charge in [-0.25, -0.2) is 4.39 Å². The maximum Gasteiger partial charge on any atom is 0.238 e. The number of hydrogen-bond donors (Lipinski definition) is 1. The van der Waals surface area contributed by atoms with Crippen LogP contribution in [0, 0.1) is 5.82 Å². The van der Waals surface area contributed by atoms with Crippen LogP contribution in [0.2, 0.25) is 15.1 Å². The molecule has 2 aromatic rings. The second-order valence-electron chi connectivity index (χ2n) is 6.47. The molecule has 27 heavy (non-hydrogen) atoms. The van der Waals surface area contributed by atoms with Gasteiger partial charge in [-0.1, -0.05) is 40.9 Å². The molecule has 1 amide bonds. The second-order valence-corrected chi connectivity index (χ2v) is 7.69. The number of carbonyl (C=O) groups is 1. The smallest absolute Gasteiger partial charge is 0.238 e. The van der Waals surface area contributed by atoms with Gasteiger partial charge in [0.2, 0.25) is 5.91 Å². The Morgan fingerprint density at radius 2 is 1.63 bits per heavy atom. The van der Waals surface area contributed by atoms with Crippen molar-refractivity contribution in [2.24, 2.45) is 0 Å². The lowest BCUT2D eigenvalue weighted by molar-refractivity contribution is -0.117. The Morgan fingerprint density at radius 1 is 0.926 bits per heavy atom. The van der Waals surface area contributed by atoms with E-state index in [1.54, 1.807) is 24.3 Å². The van der Waals surface area contributed by atoms with E-state index in [4.69, 9.17) is 34.8 Å². The van der Waals surface area contributed by atoms with E-state index in [1.807, 2.05) is 0 Å². The SMILES string of the molecule is O=C(CN1CCN(Cc2ccc(F)cc2Cl)CC1)Nc1ccc(Cl)c(Cl)c1. The van der Waals surface area contributed by atoms with E-state index < -0.39 is 0 Å². The monoisotopic (exact) mass is 429 g/mol. The van der Waals surface area contributed by atoms with E-state index in [-0.39, 0.29) is 11.7 Å². The van der Waals surface area contributed by atoms with Gasteiger partial charge in [0.15, 0.2) is 0 Å². The maximum absolute atomic E-state index is 13.1. The Labute approximate surface area is 172 Å². The van der Waals surface area contributed by atoms with Gasteiger partial charge in [-0.15, -0.1) is 0 Å². The highest BCUT2D eigenvalue weighted by Gasteiger charge is 2.20. The Kier molecular flexibility index (Phi) is 6.95. The highest BCUT2D eigenvalue weighted by molar-refractivity contribution is 6.42. The van der Waals surface area contributed by atoms with E-state index in [0.717, 1.165) is 31.7 Å². The summed E-state index contributed by atoms with van der Waals surface area (Å²) in [5, 5.41) is 4.13. The third kappa shape index (κ3) is 5.80. The largest absolute Gasteiger partial charge is 0.325 e. The number of halogens is 4. The average molecular weight is 431 g/mol. The minimum atomic E-state index is -0.332. The zero-order valence-corrected chi connectivity index (χ0v) is 16.8. The molecule has 1 heterocycles. The van der Waals surface area contributed by atoms with Crippen LogP contribution in [0.3, 0.4) is 0 Å². The predicted octanol–water partition coefficient (Wildman–Crippen LogP) is 4.54. The van der Waals surface area contributed by atoms with Gasteiger partial charge in [0, 0.05) is 43.4 Å². The zero-order chi connectivity index (χ0) is 19.4. The molecule has 0 aromatic heterocycles. The van der Waals surface area contributed by atoms with Crippen molar-refractivity contribution in [2.45, 2.75) is 6.54 Å². The van der Waals surface area contributed by atoms with Crippen molar-refractivity contribution in [1.82, 2.24) is 9.80 Å². The Bertz CT molecular complexity index is 826. The topological polar surface area (TPSA) is 35.6 Å². The first-order valence-corrected chi connectivity index (χ1v) is 9.67. The number of amides is 1. The molecule has 0 atom stereocenters. The van der Waals surface area contributed by atoms with Gasteiger partial charge in [0.25, 0.3) is 0 Å². The normalized spacial score (nSPS) is 15.7. The molecular weight excluding hydrogens is 412 g/mol. The fourth-order valence-corrected chi connectivity index (χ4v) is 3.50. The highest BCUT2D eigenvalue weighted by atomic mass is 35.5. The van der Waals surface area contributed by atoms with Gasteiger partial charge in [0.1, 0.15) is 5.82 Å². The lowest BCUT2D eigenvalue weighted by atomic mass is 10.2. The van der Waals surface area contributed by atoms with Gasteiger partial charge in [-0.05, 0) is 35.9 Å². The summed E-state index contributed by atoms with van der Waals surface area (Å²) in [7, 11) is 0. The van der Waals surface area contributed by atoms with E-state index in [9.17, 15) is 9.18 Å². The fourth-order valence-electron chi connectivity index (χ4n) is 2.97. The number of rotatable bonds is 5. The van der Waals surface area contributed by atoms with Gasteiger partial charge >= 0.3 is 0 Å². The van der Waals surface area contributed by atoms with Crippen molar-refractivity contribution in [3.63, 3.8) is 0 Å². The Morgan fingerprint density at radius 3 is 2.30 bits per heavy atom. The van der Waals surface area contributed by atoms with Crippen LogP contribution in [0.15, 0.2) is 36.4 Å². The van der Waals surface area contributed by atoms with Crippen LogP contribution in [0.4, 0.5) is 10.1 Å². The van der Waals surface area contributed by atoms with E-state index in [1.165, 1.54) is 12.1 Å². The summed E-state index contributed by atoms with van der Waals surface area (Å²) in [6.45, 7) is 4.15. The number of nitrogens with zero attached hydrogens (tertiary/aromatic N) is 2. The first-order valence-electron chi connectivity index (χ1n) is 8.54. The van der Waals surface area contributed by atoms with Crippen LogP contribution in [-0.4, -0.2) is 48.4 Å². The van der Waals surface area contributed by atoms with Crippen LogP contribution < -0.4 is 5.32 Å². The van der Waals surface area contributed by atoms with Gasteiger partial charge < -0.3 is 5.32 Å². The number of piperazine rings is 1. The standard InChI is InChI=1S/C19H19Cl3FN3O/c20-16-4-3-15(10-18(16)22)24-19(27)12-26-7-5-25(6-8-26)11-13-1-2-14(23)9-17(13)21/h1-4,9-10H,5-8,11-12H2,(H,24,27). The molecule has 0 unspecified atom stereocenters. The maximum atomic E-state index is 13.1. The van der Waals surface area contributed by atoms with Crippen LogP contribution in [0.5, 0.6) is 0 Å². The molecule has 1 N–H and O–H groups in total. The summed E-state index contributed by atoms with van der Waals surface area (Å²) >= 11 is 17.9. The molecule has 0 saturated carbocycles. The molecule has 8 heteroatoms. The molecule has 0 radical (unpaired) electrons. The number of nitrogens with one attached hydrogen (secondary N) is 1. The highest BCUT2D eigenvalue weighted by Crippen LogP contribution is 2.25. The first-order chi connectivity index (χ1) is 12.9. The van der Waals surface area contributed by atoms with Crippen molar-refractivity contribution in [2.75, 3.05) is 38.0 Å². The molecule has 1 aliphatic heterocycles. The third-order valence-electron chi connectivity index (χ3n) is 4.44. The van der Waals surface area contributed by atoms with Gasteiger partial charge in [0.05, 0.1) is 16.6 Å². The van der Waals surface area contributed by atoms with Crippen LogP contribution in [0.1, 0.15) is 5.56 Å². The summed E-state index contributed by atoms with van der Waals surface area (Å²) in [6, 6.07) is 9.47. The molecule has 1 fully saturated rings. The van der Waals surface area contributed by atoms with Crippen LogP contribution in [-0.2, 0) is 11.3 Å². The molecular formula is C19H19Cl3FN3O. The lowest BCUT2D eigenvalue weighted by Crippen LogP contribution is -2.48. The second kappa shape index (κ2) is 9.22. The summed E-state index contributed by atoms with van der Waals surface area (Å²) in [4.78, 5) is 16.6. The predicted molar refractivity (Wildman–Crippen MR) is 108 cm³/mol. The summed E-state index contributed by atoms with van der Waals surface area (Å²) in [5.41, 5.74) is 1.53. The number of carbonyl (C=O) groups excluding carboxylic acids is 1. The molecule has 1 saturated heterocycles. The van der Waals surface area contributed by atoms with Gasteiger partial charge in [-0.2, -0.15) is 0 Å². The summed E-state index contributed by atoms with van der Waals surface area (Å²) < 4.78 is 13.1. The van der Waals surface area contributed by atoms with Crippen LogP contribution in [0.25, 0.3) is 0 Å². The third-order valence-corrected chi connectivity index (χ3v) is 5.54. The number of hydrogen-bond acceptors (Lipinski definition) is 3. The molecule has 144 valence electrons. The Hall–Kier alpha value is -1.37. The average Bonchev–Trinajstić information content (AvgIpc) is 2.62. The number of benzene rings is 2. The van der Waals surface area contributed by atoms with Crippen molar-refractivity contribution in [3.05, 3.63) is 62.8 Å². The van der Waals surface area contributed by atoms with Crippen LogP contribution >= 0.6 is 34.8 Å². The fraction of sp³-hybridized carbons (Fsp3) is 0.316. The molecule has 0 spiro atoms. The minimum absolute atomic E-state index is 0.0941. The first kappa shape index (κ1) is 20.4. The molecule has 0 bridgehead atoms.